The molecule has 1 aromatic heterocycles. The maximum atomic E-state index is 5.43. The molecule has 3 nitrogen and oxygen atoms in total. The molecule has 0 spiro atoms. The van der Waals surface area contributed by atoms with Crippen LogP contribution in [-0.4, -0.2) is 14.2 Å². The first-order valence-corrected chi connectivity index (χ1v) is 7.46. The zero-order valence-corrected chi connectivity index (χ0v) is 13.2. The van der Waals surface area contributed by atoms with Crippen LogP contribution < -0.4 is 14.8 Å². The van der Waals surface area contributed by atoms with Gasteiger partial charge in [-0.2, -0.15) is 0 Å². The number of nitrogens with one attached hydrogen (secondary N) is 1. The lowest BCUT2D eigenvalue weighted by molar-refractivity contribution is 0.391. The predicted molar refractivity (Wildman–Crippen MR) is 83.9 cm³/mol. The normalized spacial score (nSPS) is 12.2. The molecular formula is C16H21NO2S. The van der Waals surface area contributed by atoms with Crippen LogP contribution >= 0.6 is 11.3 Å². The van der Waals surface area contributed by atoms with Crippen LogP contribution in [0.1, 0.15) is 28.3 Å². The number of hydrogen-bond acceptors (Lipinski definition) is 4. The van der Waals surface area contributed by atoms with E-state index in [0.29, 0.717) is 0 Å². The van der Waals surface area contributed by atoms with Crippen molar-refractivity contribution in [3.05, 3.63) is 45.6 Å². The Balaban J connectivity index is 2.09. The van der Waals surface area contributed by atoms with Gasteiger partial charge < -0.3 is 14.8 Å². The molecular weight excluding hydrogens is 270 g/mol. The second-order valence-corrected chi connectivity index (χ2v) is 6.10. The maximum Gasteiger partial charge on any atom is 0.123 e. The highest BCUT2D eigenvalue weighted by atomic mass is 32.1. The summed E-state index contributed by atoms with van der Waals surface area (Å²) in [5.74, 6) is 1.73. The van der Waals surface area contributed by atoms with E-state index in [0.717, 1.165) is 23.6 Å². The number of rotatable bonds is 6. The second-order valence-electron chi connectivity index (χ2n) is 4.72. The molecule has 0 fully saturated rings. The zero-order chi connectivity index (χ0) is 14.5. The van der Waals surface area contributed by atoms with Crippen LogP contribution in [0.3, 0.4) is 0 Å². The van der Waals surface area contributed by atoms with E-state index in [1.807, 2.05) is 29.5 Å². The molecule has 0 saturated heterocycles. The number of methoxy groups -OCH3 is 2. The van der Waals surface area contributed by atoms with Crippen molar-refractivity contribution in [2.24, 2.45) is 0 Å². The first-order chi connectivity index (χ1) is 9.63. The lowest BCUT2D eigenvalue weighted by Gasteiger charge is -2.18. The summed E-state index contributed by atoms with van der Waals surface area (Å²) in [7, 11) is 3.37. The highest BCUT2D eigenvalue weighted by molar-refractivity contribution is 7.11. The monoisotopic (exact) mass is 291 g/mol. The number of benzene rings is 1. The van der Waals surface area contributed by atoms with Crippen molar-refractivity contribution in [2.75, 3.05) is 14.2 Å². The minimum absolute atomic E-state index is 0.197. The van der Waals surface area contributed by atoms with Gasteiger partial charge >= 0.3 is 0 Å². The lowest BCUT2D eigenvalue weighted by atomic mass is 10.1. The molecule has 0 aliphatic rings. The average molecular weight is 291 g/mol. The fourth-order valence-corrected chi connectivity index (χ4v) is 2.96. The summed E-state index contributed by atoms with van der Waals surface area (Å²) in [6, 6.07) is 10.4. The van der Waals surface area contributed by atoms with E-state index >= 15 is 0 Å². The Bertz CT molecular complexity index is 565. The number of hydrogen-bond donors (Lipinski definition) is 1. The molecule has 0 aliphatic heterocycles. The third-order valence-electron chi connectivity index (χ3n) is 3.28. The summed E-state index contributed by atoms with van der Waals surface area (Å²) in [5, 5.41) is 3.53. The van der Waals surface area contributed by atoms with E-state index in [1.165, 1.54) is 9.75 Å². The molecule has 0 radical (unpaired) electrons. The van der Waals surface area contributed by atoms with E-state index in [4.69, 9.17) is 9.47 Å². The molecule has 0 aliphatic carbocycles. The van der Waals surface area contributed by atoms with Gasteiger partial charge in [-0.25, -0.2) is 0 Å². The van der Waals surface area contributed by atoms with E-state index in [-0.39, 0.29) is 6.04 Å². The van der Waals surface area contributed by atoms with Gasteiger partial charge in [-0.1, -0.05) is 0 Å². The maximum absolute atomic E-state index is 5.43. The van der Waals surface area contributed by atoms with Crippen molar-refractivity contribution in [3.8, 4) is 11.5 Å². The largest absolute Gasteiger partial charge is 0.497 e. The predicted octanol–water partition coefficient (Wildman–Crippen LogP) is 3.92. The van der Waals surface area contributed by atoms with Crippen molar-refractivity contribution in [2.45, 2.75) is 26.4 Å². The first-order valence-electron chi connectivity index (χ1n) is 6.64. The van der Waals surface area contributed by atoms with Gasteiger partial charge in [0.1, 0.15) is 11.5 Å². The third kappa shape index (κ3) is 3.52. The van der Waals surface area contributed by atoms with Crippen LogP contribution in [-0.2, 0) is 6.54 Å². The molecule has 0 amide bonds. The zero-order valence-electron chi connectivity index (χ0n) is 12.4. The van der Waals surface area contributed by atoms with E-state index in [9.17, 15) is 0 Å². The Kier molecular flexibility index (Phi) is 5.04. The summed E-state index contributed by atoms with van der Waals surface area (Å²) >= 11 is 1.82. The van der Waals surface area contributed by atoms with Crippen LogP contribution in [0.4, 0.5) is 0 Å². The summed E-state index contributed by atoms with van der Waals surface area (Å²) in [5.41, 5.74) is 1.11. The van der Waals surface area contributed by atoms with Gasteiger partial charge in [0.05, 0.1) is 14.2 Å². The van der Waals surface area contributed by atoms with Gasteiger partial charge in [0.15, 0.2) is 0 Å². The highest BCUT2D eigenvalue weighted by Gasteiger charge is 2.12. The number of thiophene rings is 1. The van der Waals surface area contributed by atoms with Crippen LogP contribution in [0.5, 0.6) is 11.5 Å². The molecule has 4 heteroatoms. The van der Waals surface area contributed by atoms with Gasteiger partial charge in [-0.15, -0.1) is 11.3 Å². The molecule has 0 bridgehead atoms. The fraction of sp³-hybridized carbons (Fsp3) is 0.375. The van der Waals surface area contributed by atoms with Crippen LogP contribution in [0.2, 0.25) is 0 Å². The van der Waals surface area contributed by atoms with Gasteiger partial charge in [-0.3, -0.25) is 0 Å². The van der Waals surface area contributed by atoms with Crippen LogP contribution in [0.25, 0.3) is 0 Å². The molecule has 2 rings (SSSR count). The molecule has 1 unspecified atom stereocenters. The van der Waals surface area contributed by atoms with Crippen molar-refractivity contribution in [1.82, 2.24) is 5.32 Å². The molecule has 1 heterocycles. The van der Waals surface area contributed by atoms with Gasteiger partial charge in [0.25, 0.3) is 0 Å². The van der Waals surface area contributed by atoms with Crippen LogP contribution in [0.15, 0.2) is 30.3 Å². The Labute approximate surface area is 124 Å². The topological polar surface area (TPSA) is 30.5 Å². The molecule has 108 valence electrons. The van der Waals surface area contributed by atoms with Gasteiger partial charge in [0, 0.05) is 27.9 Å². The molecule has 20 heavy (non-hydrogen) atoms. The summed E-state index contributed by atoms with van der Waals surface area (Å²) in [6.07, 6.45) is 0. The number of ether oxygens (including phenoxy) is 2. The van der Waals surface area contributed by atoms with Gasteiger partial charge in [-0.05, 0) is 44.2 Å². The minimum Gasteiger partial charge on any atom is -0.497 e. The SMILES string of the molecule is COc1ccc(OC)c(C(C)NCc2ccc(C)s2)c1. The third-order valence-corrected chi connectivity index (χ3v) is 4.28. The highest BCUT2D eigenvalue weighted by Crippen LogP contribution is 2.29. The average Bonchev–Trinajstić information content (AvgIpc) is 2.89. The van der Waals surface area contributed by atoms with Gasteiger partial charge in [0.2, 0.25) is 0 Å². The molecule has 0 saturated carbocycles. The summed E-state index contributed by atoms with van der Waals surface area (Å²) in [6.45, 7) is 5.13. The summed E-state index contributed by atoms with van der Waals surface area (Å²) < 4.78 is 10.7. The lowest BCUT2D eigenvalue weighted by Crippen LogP contribution is -2.18. The Morgan fingerprint density at radius 3 is 2.55 bits per heavy atom. The first kappa shape index (κ1) is 14.9. The molecule has 2 aromatic rings. The Hall–Kier alpha value is -1.52. The van der Waals surface area contributed by atoms with Crippen molar-refractivity contribution in [1.29, 1.82) is 0 Å². The Morgan fingerprint density at radius 2 is 1.95 bits per heavy atom. The fourth-order valence-electron chi connectivity index (χ4n) is 2.12. The van der Waals surface area contributed by atoms with Crippen molar-refractivity contribution < 1.29 is 9.47 Å². The molecule has 1 atom stereocenters. The molecule has 1 aromatic carbocycles. The van der Waals surface area contributed by atoms with Crippen molar-refractivity contribution >= 4 is 11.3 Å². The van der Waals surface area contributed by atoms with E-state index in [2.05, 4.69) is 31.3 Å². The quantitative estimate of drug-likeness (QED) is 0.875. The van der Waals surface area contributed by atoms with Crippen molar-refractivity contribution in [3.63, 3.8) is 0 Å². The van der Waals surface area contributed by atoms with E-state index < -0.39 is 0 Å². The number of aryl methyl sites for hydroxylation is 1. The Morgan fingerprint density at radius 1 is 1.15 bits per heavy atom. The smallest absolute Gasteiger partial charge is 0.123 e. The van der Waals surface area contributed by atoms with E-state index in [1.54, 1.807) is 14.2 Å². The molecule has 1 N–H and O–H groups in total. The van der Waals surface area contributed by atoms with Crippen LogP contribution in [0, 0.1) is 6.92 Å². The summed E-state index contributed by atoms with van der Waals surface area (Å²) in [4.78, 5) is 2.68. The second kappa shape index (κ2) is 6.77. The minimum atomic E-state index is 0.197. The standard InChI is InChI=1S/C16H21NO2S/c1-11-5-7-14(20-11)10-17-12(2)15-9-13(18-3)6-8-16(15)19-4/h5-9,12,17H,10H2,1-4H3.